The lowest BCUT2D eigenvalue weighted by atomic mass is 10.1. The number of ether oxygens (including phenoxy) is 1. The van der Waals surface area contributed by atoms with E-state index in [-0.39, 0.29) is 44.2 Å². The summed E-state index contributed by atoms with van der Waals surface area (Å²) >= 11 is 11.6. The summed E-state index contributed by atoms with van der Waals surface area (Å²) in [6.45, 7) is 1.28. The molecule has 1 heterocycles. The number of carbonyl (C=O) groups is 2. The highest BCUT2D eigenvalue weighted by Crippen LogP contribution is 2.36. The fourth-order valence-corrected chi connectivity index (χ4v) is 5.54. The molecule has 0 aliphatic heterocycles. The van der Waals surface area contributed by atoms with Crippen molar-refractivity contribution in [2.24, 2.45) is 0 Å². The SMILES string of the molecule is Cc1nc(C(F)(F)F)ccc1C(=O)Nc1ccc(Oc2ccc(NS(=O)(=O)c3cc(Cl)cc(Cl)c3O)c(C(=O)O)c2)cc1. The van der Waals surface area contributed by atoms with Gasteiger partial charge in [0.1, 0.15) is 22.1 Å². The van der Waals surface area contributed by atoms with Gasteiger partial charge in [0.15, 0.2) is 5.75 Å². The molecule has 16 heteroatoms. The first-order valence-electron chi connectivity index (χ1n) is 11.8. The van der Waals surface area contributed by atoms with Crippen molar-refractivity contribution >= 4 is 56.5 Å². The van der Waals surface area contributed by atoms with Gasteiger partial charge >= 0.3 is 12.1 Å². The number of nitrogens with one attached hydrogen (secondary N) is 2. The van der Waals surface area contributed by atoms with Crippen molar-refractivity contribution in [3.63, 3.8) is 0 Å². The van der Waals surface area contributed by atoms with Crippen LogP contribution in [0.25, 0.3) is 0 Å². The second-order valence-corrected chi connectivity index (χ2v) is 11.3. The zero-order chi connectivity index (χ0) is 31.7. The van der Waals surface area contributed by atoms with Gasteiger partial charge in [-0.1, -0.05) is 23.2 Å². The number of hydrogen-bond acceptors (Lipinski definition) is 7. The van der Waals surface area contributed by atoms with Crippen LogP contribution in [0.1, 0.15) is 32.1 Å². The number of phenolic OH excluding ortho intramolecular Hbond substituents is 1. The third-order valence-corrected chi connectivity index (χ3v) is 7.60. The van der Waals surface area contributed by atoms with E-state index in [1.165, 1.54) is 37.3 Å². The van der Waals surface area contributed by atoms with Crippen LogP contribution in [0.3, 0.4) is 0 Å². The Labute approximate surface area is 251 Å². The van der Waals surface area contributed by atoms with Crippen molar-refractivity contribution in [1.82, 2.24) is 4.98 Å². The van der Waals surface area contributed by atoms with E-state index in [1.807, 2.05) is 0 Å². The minimum atomic E-state index is -4.65. The smallest absolute Gasteiger partial charge is 0.433 e. The lowest BCUT2D eigenvalue weighted by molar-refractivity contribution is -0.141. The van der Waals surface area contributed by atoms with E-state index in [9.17, 15) is 41.4 Å². The summed E-state index contributed by atoms with van der Waals surface area (Å²) in [4.78, 5) is 27.2. The van der Waals surface area contributed by atoms with E-state index in [1.54, 1.807) is 0 Å². The van der Waals surface area contributed by atoms with Crippen molar-refractivity contribution in [3.05, 3.63) is 99.3 Å². The Balaban J connectivity index is 1.49. The van der Waals surface area contributed by atoms with Crippen LogP contribution in [-0.2, 0) is 16.2 Å². The van der Waals surface area contributed by atoms with Crippen molar-refractivity contribution in [2.75, 3.05) is 10.0 Å². The van der Waals surface area contributed by atoms with Gasteiger partial charge in [-0.3, -0.25) is 9.52 Å². The number of anilines is 2. The van der Waals surface area contributed by atoms with Gasteiger partial charge in [-0.25, -0.2) is 18.2 Å². The number of amides is 1. The fraction of sp³-hybridized carbons (Fsp3) is 0.0741. The average Bonchev–Trinajstić information content (AvgIpc) is 2.91. The van der Waals surface area contributed by atoms with Gasteiger partial charge in [-0.15, -0.1) is 0 Å². The number of carboxylic acid groups (broad SMARTS) is 1. The topological polar surface area (TPSA) is 155 Å². The number of nitrogens with zero attached hydrogens (tertiary/aromatic N) is 1. The van der Waals surface area contributed by atoms with E-state index in [4.69, 9.17) is 27.9 Å². The molecule has 0 saturated heterocycles. The maximum absolute atomic E-state index is 12.9. The van der Waals surface area contributed by atoms with Crippen LogP contribution in [0.4, 0.5) is 24.5 Å². The molecular weight excluding hydrogens is 638 g/mol. The summed E-state index contributed by atoms with van der Waals surface area (Å²) in [5.74, 6) is -2.75. The lowest BCUT2D eigenvalue weighted by Gasteiger charge is -2.14. The van der Waals surface area contributed by atoms with Crippen LogP contribution in [0.2, 0.25) is 10.0 Å². The Hall–Kier alpha value is -4.53. The molecule has 0 spiro atoms. The van der Waals surface area contributed by atoms with Crippen molar-refractivity contribution in [2.45, 2.75) is 18.0 Å². The zero-order valence-corrected chi connectivity index (χ0v) is 23.9. The van der Waals surface area contributed by atoms with E-state index in [2.05, 4.69) is 15.0 Å². The lowest BCUT2D eigenvalue weighted by Crippen LogP contribution is -2.16. The molecule has 1 aromatic heterocycles. The number of aryl methyl sites for hydroxylation is 1. The number of rotatable bonds is 8. The highest BCUT2D eigenvalue weighted by molar-refractivity contribution is 7.92. The van der Waals surface area contributed by atoms with Crippen LogP contribution < -0.4 is 14.8 Å². The van der Waals surface area contributed by atoms with Crippen LogP contribution >= 0.6 is 23.2 Å². The standard InChI is InChI=1S/C27H18Cl2F3N3O7S/c1-13-18(7-9-23(33-13)27(30,31)32)25(37)34-15-2-4-16(5-3-15)42-17-6-8-21(19(12-17)26(38)39)35-43(40,41)22-11-14(28)10-20(29)24(22)36/h2-12,35-36H,1H3,(H,34,37)(H,38,39). The molecule has 3 aromatic carbocycles. The summed E-state index contributed by atoms with van der Waals surface area (Å²) in [6.07, 6.45) is -4.65. The normalized spacial score (nSPS) is 11.6. The molecule has 224 valence electrons. The number of aromatic hydroxyl groups is 1. The molecule has 0 unspecified atom stereocenters. The quantitative estimate of drug-likeness (QED) is 0.159. The molecule has 0 saturated carbocycles. The van der Waals surface area contributed by atoms with Gasteiger partial charge in [0.2, 0.25) is 0 Å². The maximum Gasteiger partial charge on any atom is 0.433 e. The number of alkyl halides is 3. The molecule has 0 bridgehead atoms. The van der Waals surface area contributed by atoms with E-state index in [0.717, 1.165) is 30.3 Å². The first-order chi connectivity index (χ1) is 20.0. The number of carboxylic acids is 1. The third kappa shape index (κ3) is 7.28. The number of aromatic nitrogens is 1. The Bertz CT molecular complexity index is 1850. The average molecular weight is 656 g/mol. The van der Waals surface area contributed by atoms with Gasteiger partial charge < -0.3 is 20.3 Å². The number of aromatic carboxylic acids is 1. The molecule has 10 nitrogen and oxygen atoms in total. The molecule has 43 heavy (non-hydrogen) atoms. The number of pyridine rings is 1. The Morgan fingerprint density at radius 3 is 2.19 bits per heavy atom. The summed E-state index contributed by atoms with van der Waals surface area (Å²) in [5, 5.41) is 21.9. The van der Waals surface area contributed by atoms with Crippen molar-refractivity contribution in [3.8, 4) is 17.2 Å². The molecule has 4 aromatic rings. The maximum atomic E-state index is 12.9. The predicted octanol–water partition coefficient (Wildman–Crippen LogP) is 6.96. The minimum absolute atomic E-state index is 0.0113. The highest BCUT2D eigenvalue weighted by atomic mass is 35.5. The molecule has 0 aliphatic carbocycles. The van der Waals surface area contributed by atoms with Crippen LogP contribution in [0.15, 0.2) is 71.6 Å². The monoisotopic (exact) mass is 655 g/mol. The predicted molar refractivity (Wildman–Crippen MR) is 151 cm³/mol. The molecule has 4 rings (SSSR count). The number of halogens is 5. The number of sulfonamides is 1. The molecule has 0 radical (unpaired) electrons. The van der Waals surface area contributed by atoms with Gasteiger partial charge in [0.05, 0.1) is 27.5 Å². The molecular formula is C27H18Cl2F3N3O7S. The van der Waals surface area contributed by atoms with Gasteiger partial charge in [0.25, 0.3) is 15.9 Å². The number of carbonyl (C=O) groups excluding carboxylic acids is 1. The molecule has 0 fully saturated rings. The number of hydrogen-bond donors (Lipinski definition) is 4. The highest BCUT2D eigenvalue weighted by Gasteiger charge is 2.33. The Morgan fingerprint density at radius 2 is 1.58 bits per heavy atom. The van der Waals surface area contributed by atoms with E-state index in [0.29, 0.717) is 6.07 Å². The van der Waals surface area contributed by atoms with Gasteiger partial charge in [-0.05, 0) is 73.7 Å². The molecule has 4 N–H and O–H groups in total. The van der Waals surface area contributed by atoms with Crippen LogP contribution in [-0.4, -0.2) is 35.5 Å². The first kappa shape index (κ1) is 31.4. The number of phenols is 1. The van der Waals surface area contributed by atoms with Crippen molar-refractivity contribution < 1.29 is 46.1 Å². The summed E-state index contributed by atoms with van der Waals surface area (Å²) in [7, 11) is -4.52. The van der Waals surface area contributed by atoms with E-state index < -0.39 is 50.0 Å². The zero-order valence-electron chi connectivity index (χ0n) is 21.5. The summed E-state index contributed by atoms with van der Waals surface area (Å²) < 4.78 is 72.0. The van der Waals surface area contributed by atoms with Crippen LogP contribution in [0, 0.1) is 6.92 Å². The van der Waals surface area contributed by atoms with Gasteiger partial charge in [0, 0.05) is 10.7 Å². The number of benzene rings is 3. The minimum Gasteiger partial charge on any atom is -0.505 e. The van der Waals surface area contributed by atoms with E-state index >= 15 is 0 Å². The summed E-state index contributed by atoms with van der Waals surface area (Å²) in [6, 6.07) is 13.0. The molecule has 0 atom stereocenters. The fourth-order valence-electron chi connectivity index (χ4n) is 3.70. The Morgan fingerprint density at radius 1 is 0.930 bits per heavy atom. The Kier molecular flexibility index (Phi) is 8.76. The second-order valence-electron chi connectivity index (χ2n) is 8.76. The first-order valence-corrected chi connectivity index (χ1v) is 14.0. The molecule has 0 aliphatic rings. The van der Waals surface area contributed by atoms with Crippen LogP contribution in [0.5, 0.6) is 17.2 Å². The van der Waals surface area contributed by atoms with Gasteiger partial charge in [-0.2, -0.15) is 13.2 Å². The second kappa shape index (κ2) is 12.0. The van der Waals surface area contributed by atoms with Crippen molar-refractivity contribution in [1.29, 1.82) is 0 Å². The molecule has 1 amide bonds. The summed E-state index contributed by atoms with van der Waals surface area (Å²) in [5.41, 5.74) is -1.85. The third-order valence-electron chi connectivity index (χ3n) is 5.72. The largest absolute Gasteiger partial charge is 0.505 e.